The van der Waals surface area contributed by atoms with Gasteiger partial charge >= 0.3 is 5.69 Å². The van der Waals surface area contributed by atoms with Crippen molar-refractivity contribution in [3.8, 4) is 5.75 Å². The summed E-state index contributed by atoms with van der Waals surface area (Å²) in [5, 5.41) is 15.8. The Hall–Kier alpha value is -3.46. The van der Waals surface area contributed by atoms with E-state index in [2.05, 4.69) is 26.6 Å². The molecule has 1 amide bonds. The Morgan fingerprint density at radius 3 is 2.93 bits per heavy atom. The summed E-state index contributed by atoms with van der Waals surface area (Å²) in [5.41, 5.74) is 1.70. The number of benzene rings is 1. The van der Waals surface area contributed by atoms with E-state index in [1.165, 1.54) is 22.6 Å². The summed E-state index contributed by atoms with van der Waals surface area (Å²) < 4.78 is 5.30. The molecule has 148 valence electrons. The minimum atomic E-state index is -0.546. The number of aromatic nitrogens is 1. The zero-order chi connectivity index (χ0) is 20.2. The van der Waals surface area contributed by atoms with Crippen molar-refractivity contribution in [2.45, 2.75) is 13.0 Å². The van der Waals surface area contributed by atoms with E-state index < -0.39 is 10.8 Å². The average molecular weight is 410 g/mol. The number of ether oxygens (including phenoxy) is 1. The van der Waals surface area contributed by atoms with Crippen molar-refractivity contribution in [2.24, 2.45) is 0 Å². The lowest BCUT2D eigenvalue weighted by Crippen LogP contribution is -2.30. The van der Waals surface area contributed by atoms with Gasteiger partial charge in [0.1, 0.15) is 5.82 Å². The minimum absolute atomic E-state index is 0.0546. The number of carbonyl (C=O) groups excluding carboxylic acids is 1. The molecule has 8 nitrogen and oxygen atoms in total. The van der Waals surface area contributed by atoms with Crippen molar-refractivity contribution in [2.75, 3.05) is 23.4 Å². The summed E-state index contributed by atoms with van der Waals surface area (Å²) in [6.45, 7) is 1.41. The molecule has 3 heterocycles. The van der Waals surface area contributed by atoms with Crippen LogP contribution in [0.25, 0.3) is 0 Å². The van der Waals surface area contributed by atoms with E-state index in [-0.39, 0.29) is 18.0 Å². The van der Waals surface area contributed by atoms with Crippen molar-refractivity contribution in [3.63, 3.8) is 0 Å². The maximum atomic E-state index is 12.1. The van der Waals surface area contributed by atoms with Crippen LogP contribution in [0.15, 0.2) is 54.0 Å². The number of nitrogens with zero attached hydrogens (tertiary/aromatic N) is 3. The first-order chi connectivity index (χ1) is 14.1. The molecule has 0 atom stereocenters. The minimum Gasteiger partial charge on any atom is -0.477 e. The molecule has 0 aliphatic carbocycles. The van der Waals surface area contributed by atoms with Gasteiger partial charge in [-0.25, -0.2) is 4.98 Å². The SMILES string of the molecule is O=C(COc1ccccc1[N+](=O)[O-])Nc1ccc(N2CCc3sccc3C2)nc1. The van der Waals surface area contributed by atoms with E-state index in [1.54, 1.807) is 35.7 Å². The van der Waals surface area contributed by atoms with E-state index >= 15 is 0 Å². The number of nitro benzene ring substituents is 1. The number of nitrogens with one attached hydrogen (secondary N) is 1. The Morgan fingerprint density at radius 2 is 2.14 bits per heavy atom. The molecule has 0 spiro atoms. The van der Waals surface area contributed by atoms with Crippen LogP contribution in [0, 0.1) is 10.1 Å². The van der Waals surface area contributed by atoms with Crippen molar-refractivity contribution in [1.29, 1.82) is 0 Å². The van der Waals surface area contributed by atoms with E-state index in [0.717, 1.165) is 25.3 Å². The van der Waals surface area contributed by atoms with Gasteiger partial charge in [-0.15, -0.1) is 11.3 Å². The number of amides is 1. The third-order valence-corrected chi connectivity index (χ3v) is 5.61. The number of hydrogen-bond donors (Lipinski definition) is 1. The van der Waals surface area contributed by atoms with E-state index in [9.17, 15) is 14.9 Å². The van der Waals surface area contributed by atoms with Gasteiger partial charge in [0.25, 0.3) is 5.91 Å². The van der Waals surface area contributed by atoms with Crippen molar-refractivity contribution in [3.05, 3.63) is 74.6 Å². The van der Waals surface area contributed by atoms with Gasteiger partial charge in [-0.3, -0.25) is 14.9 Å². The monoisotopic (exact) mass is 410 g/mol. The molecule has 3 aromatic rings. The van der Waals surface area contributed by atoms with E-state index in [1.807, 2.05) is 6.07 Å². The molecule has 9 heteroatoms. The predicted molar refractivity (Wildman–Crippen MR) is 111 cm³/mol. The lowest BCUT2D eigenvalue weighted by atomic mass is 10.1. The fourth-order valence-electron chi connectivity index (χ4n) is 3.16. The van der Waals surface area contributed by atoms with E-state index in [4.69, 9.17) is 4.74 Å². The summed E-state index contributed by atoms with van der Waals surface area (Å²) in [7, 11) is 0. The summed E-state index contributed by atoms with van der Waals surface area (Å²) >= 11 is 1.79. The van der Waals surface area contributed by atoms with Gasteiger partial charge in [0.2, 0.25) is 0 Å². The lowest BCUT2D eigenvalue weighted by molar-refractivity contribution is -0.385. The molecule has 0 saturated heterocycles. The van der Waals surface area contributed by atoms with Crippen LogP contribution in [0.1, 0.15) is 10.4 Å². The molecule has 1 N–H and O–H groups in total. The maximum Gasteiger partial charge on any atom is 0.310 e. The van der Waals surface area contributed by atoms with Gasteiger partial charge in [0, 0.05) is 24.0 Å². The molecule has 0 saturated carbocycles. The first-order valence-corrected chi connectivity index (χ1v) is 9.90. The van der Waals surface area contributed by atoms with Gasteiger partial charge < -0.3 is 15.0 Å². The normalized spacial score (nSPS) is 12.9. The first-order valence-electron chi connectivity index (χ1n) is 9.02. The molecule has 1 aromatic carbocycles. The highest BCUT2D eigenvalue weighted by Gasteiger charge is 2.18. The van der Waals surface area contributed by atoms with Crippen LogP contribution < -0.4 is 15.0 Å². The number of nitro groups is 1. The predicted octanol–water partition coefficient (Wildman–Crippen LogP) is 3.63. The van der Waals surface area contributed by atoms with Crippen LogP contribution in [0.3, 0.4) is 0 Å². The number of anilines is 2. The molecule has 0 fully saturated rings. The molecule has 0 bridgehead atoms. The number of thiophene rings is 1. The van der Waals surface area contributed by atoms with Crippen molar-refractivity contribution < 1.29 is 14.5 Å². The largest absolute Gasteiger partial charge is 0.477 e. The highest BCUT2D eigenvalue weighted by atomic mass is 32.1. The number of carbonyl (C=O) groups is 1. The second-order valence-corrected chi connectivity index (χ2v) is 7.51. The second kappa shape index (κ2) is 8.27. The van der Waals surface area contributed by atoms with Crippen LogP contribution in [-0.2, 0) is 17.8 Å². The first kappa shape index (κ1) is 18.9. The number of fused-ring (bicyclic) bond motifs is 1. The summed E-state index contributed by atoms with van der Waals surface area (Å²) in [4.78, 5) is 30.7. The molecular weight excluding hydrogens is 392 g/mol. The Labute approximate surface area is 170 Å². The van der Waals surface area contributed by atoms with Gasteiger partial charge in [-0.05, 0) is 41.6 Å². The molecule has 0 unspecified atom stereocenters. The van der Waals surface area contributed by atoms with Gasteiger partial charge in [-0.1, -0.05) is 12.1 Å². The van der Waals surface area contributed by atoms with Gasteiger partial charge in [0.15, 0.2) is 12.4 Å². The molecule has 1 aliphatic rings. The topological polar surface area (TPSA) is 97.6 Å². The van der Waals surface area contributed by atoms with Crippen molar-refractivity contribution in [1.82, 2.24) is 4.98 Å². The number of para-hydroxylation sites is 2. The van der Waals surface area contributed by atoms with Crippen LogP contribution in [-0.4, -0.2) is 29.0 Å². The molecule has 4 rings (SSSR count). The van der Waals surface area contributed by atoms with Crippen LogP contribution in [0.4, 0.5) is 17.2 Å². The summed E-state index contributed by atoms with van der Waals surface area (Å²) in [6, 6.07) is 11.7. The van der Waals surface area contributed by atoms with Crippen LogP contribution in [0.5, 0.6) is 5.75 Å². The van der Waals surface area contributed by atoms with Crippen LogP contribution >= 0.6 is 11.3 Å². The fraction of sp³-hybridized carbons (Fsp3) is 0.200. The van der Waals surface area contributed by atoms with Gasteiger partial charge in [-0.2, -0.15) is 0 Å². The number of hydrogen-bond acceptors (Lipinski definition) is 7. The van der Waals surface area contributed by atoms with Crippen molar-refractivity contribution >= 4 is 34.4 Å². The number of rotatable bonds is 6. The molecule has 2 aromatic heterocycles. The fourth-order valence-corrected chi connectivity index (χ4v) is 4.05. The second-order valence-electron chi connectivity index (χ2n) is 6.51. The Bertz CT molecular complexity index is 1030. The molecular formula is C20H18N4O4S. The average Bonchev–Trinajstić information content (AvgIpc) is 3.21. The molecule has 0 radical (unpaired) electrons. The summed E-state index contributed by atoms with van der Waals surface area (Å²) in [6.07, 6.45) is 2.61. The van der Waals surface area contributed by atoms with Crippen LogP contribution in [0.2, 0.25) is 0 Å². The Kier molecular flexibility index (Phi) is 5.39. The Balaban J connectivity index is 1.33. The Morgan fingerprint density at radius 1 is 1.28 bits per heavy atom. The lowest BCUT2D eigenvalue weighted by Gasteiger charge is -2.28. The third-order valence-electron chi connectivity index (χ3n) is 4.58. The quantitative estimate of drug-likeness (QED) is 0.492. The zero-order valence-electron chi connectivity index (χ0n) is 15.4. The third kappa shape index (κ3) is 4.35. The summed E-state index contributed by atoms with van der Waals surface area (Å²) in [5.74, 6) is 0.494. The maximum absolute atomic E-state index is 12.1. The van der Waals surface area contributed by atoms with Gasteiger partial charge in [0.05, 0.1) is 16.8 Å². The highest BCUT2D eigenvalue weighted by Crippen LogP contribution is 2.27. The smallest absolute Gasteiger partial charge is 0.310 e. The zero-order valence-corrected chi connectivity index (χ0v) is 16.2. The van der Waals surface area contributed by atoms with E-state index in [0.29, 0.717) is 5.69 Å². The number of pyridine rings is 1. The molecule has 1 aliphatic heterocycles. The standard InChI is InChI=1S/C20H18N4O4S/c25-20(13-28-17-4-2-1-3-16(17)24(26)27)22-15-5-6-19(21-11-15)23-9-7-18-14(12-23)8-10-29-18/h1-6,8,10-11H,7,9,12-13H2,(H,22,25). The highest BCUT2D eigenvalue weighted by molar-refractivity contribution is 7.10. The molecule has 29 heavy (non-hydrogen) atoms.